The van der Waals surface area contributed by atoms with Crippen LogP contribution in [0.3, 0.4) is 0 Å². The largest absolute Gasteiger partial charge is 0.343 e. The molecule has 0 bridgehead atoms. The quantitative estimate of drug-likeness (QED) is 0.273. The van der Waals surface area contributed by atoms with Gasteiger partial charge in [-0.2, -0.15) is 0 Å². The number of aliphatic imine (C=N–C) groups is 1. The highest BCUT2D eigenvalue weighted by molar-refractivity contribution is 6.22. The Morgan fingerprint density at radius 1 is 0.618 bits per heavy atom. The van der Waals surface area contributed by atoms with Crippen molar-refractivity contribution in [1.29, 1.82) is 0 Å². The Kier molecular flexibility index (Phi) is 4.81. The second-order valence-corrected chi connectivity index (χ2v) is 9.11. The first-order valence-corrected chi connectivity index (χ1v) is 11.7. The van der Waals surface area contributed by atoms with Crippen molar-refractivity contribution in [3.05, 3.63) is 131 Å². The van der Waals surface area contributed by atoms with Gasteiger partial charge in [-0.3, -0.25) is 0 Å². The van der Waals surface area contributed by atoms with Gasteiger partial charge in [0.15, 0.2) is 0 Å². The van der Waals surface area contributed by atoms with Crippen LogP contribution >= 0.6 is 0 Å². The summed E-state index contributed by atoms with van der Waals surface area (Å²) in [5, 5.41) is 2.50. The average Bonchev–Trinajstić information content (AvgIpc) is 3.36. The lowest BCUT2D eigenvalue weighted by Gasteiger charge is -2.07. The van der Waals surface area contributed by atoms with E-state index in [4.69, 9.17) is 4.99 Å². The van der Waals surface area contributed by atoms with Crippen molar-refractivity contribution in [2.24, 2.45) is 12.0 Å². The van der Waals surface area contributed by atoms with E-state index in [-0.39, 0.29) is 0 Å². The van der Waals surface area contributed by atoms with Crippen LogP contribution in [0.4, 0.5) is 0 Å². The molecule has 2 heteroatoms. The molecule has 6 rings (SSSR count). The van der Waals surface area contributed by atoms with Crippen LogP contribution < -0.4 is 0 Å². The molecule has 2 nitrogen and oxygen atoms in total. The Bertz CT molecular complexity index is 1590. The highest BCUT2D eigenvalue weighted by atomic mass is 15.0. The molecule has 0 amide bonds. The van der Waals surface area contributed by atoms with Gasteiger partial charge in [-0.05, 0) is 25.5 Å². The van der Waals surface area contributed by atoms with E-state index < -0.39 is 0 Å². The van der Waals surface area contributed by atoms with E-state index in [1.807, 2.05) is 0 Å². The van der Waals surface area contributed by atoms with Gasteiger partial charge in [0.25, 0.3) is 0 Å². The highest BCUT2D eigenvalue weighted by Crippen LogP contribution is 2.38. The Labute approximate surface area is 200 Å². The summed E-state index contributed by atoms with van der Waals surface area (Å²) in [6.45, 7) is 4.25. The summed E-state index contributed by atoms with van der Waals surface area (Å²) in [5.41, 5.74) is 11.7. The van der Waals surface area contributed by atoms with Crippen molar-refractivity contribution < 1.29 is 0 Å². The highest BCUT2D eigenvalue weighted by Gasteiger charge is 2.22. The summed E-state index contributed by atoms with van der Waals surface area (Å²) in [5.74, 6) is 0. The Balaban J connectivity index is 1.57. The lowest BCUT2D eigenvalue weighted by atomic mass is 9.98. The van der Waals surface area contributed by atoms with E-state index in [0.29, 0.717) is 0 Å². The molecule has 0 saturated carbocycles. The fraction of sp³-hybridized carbons (Fsp3) is 0.0938. The second-order valence-electron chi connectivity index (χ2n) is 9.11. The fourth-order valence-electron chi connectivity index (χ4n) is 4.95. The van der Waals surface area contributed by atoms with Gasteiger partial charge < -0.3 is 4.57 Å². The van der Waals surface area contributed by atoms with Crippen LogP contribution in [0.15, 0.2) is 102 Å². The lowest BCUT2D eigenvalue weighted by molar-refractivity contribution is 0.929. The van der Waals surface area contributed by atoms with Gasteiger partial charge in [0.05, 0.1) is 22.8 Å². The summed E-state index contributed by atoms with van der Waals surface area (Å²) in [6, 6.07) is 34.7. The molecule has 1 aromatic heterocycles. The summed E-state index contributed by atoms with van der Waals surface area (Å²) in [7, 11) is 2.16. The first kappa shape index (κ1) is 20.4. The number of fused-ring (bicyclic) bond motifs is 2. The molecule has 34 heavy (non-hydrogen) atoms. The van der Waals surface area contributed by atoms with E-state index in [1.54, 1.807) is 0 Å². The monoisotopic (exact) mass is 438 g/mol. The molecular formula is C32H26N2. The van der Waals surface area contributed by atoms with E-state index in [1.165, 1.54) is 50.0 Å². The number of nitrogens with zero attached hydrogens (tertiary/aromatic N) is 2. The number of aromatic nitrogens is 1. The Morgan fingerprint density at radius 3 is 1.85 bits per heavy atom. The molecule has 0 fully saturated rings. The standard InChI is InChI=1S/C32H26N2/c1-21-12-16-23(17-13-21)31-27-10-6-4-8-25(27)29(33-31)20-30-26-9-5-7-11-28(26)32(34(30)3)24-18-14-22(2)15-19-24/h4-20H,1-3H3/b29-20-. The molecule has 0 atom stereocenters. The van der Waals surface area contributed by atoms with Crippen LogP contribution in [-0.4, -0.2) is 10.3 Å². The molecule has 0 aliphatic carbocycles. The minimum atomic E-state index is 1.01. The molecule has 2 heterocycles. The zero-order valence-electron chi connectivity index (χ0n) is 19.7. The third kappa shape index (κ3) is 3.31. The van der Waals surface area contributed by atoms with Crippen LogP contribution in [0.2, 0.25) is 0 Å². The third-order valence-corrected chi connectivity index (χ3v) is 6.77. The minimum Gasteiger partial charge on any atom is -0.343 e. The predicted molar refractivity (Wildman–Crippen MR) is 144 cm³/mol. The van der Waals surface area contributed by atoms with E-state index >= 15 is 0 Å². The van der Waals surface area contributed by atoms with Gasteiger partial charge in [0, 0.05) is 34.5 Å². The second kappa shape index (κ2) is 8.00. The first-order chi connectivity index (χ1) is 16.6. The maximum Gasteiger partial charge on any atom is 0.0788 e. The minimum absolute atomic E-state index is 1.01. The molecule has 0 unspecified atom stereocenters. The third-order valence-electron chi connectivity index (χ3n) is 6.77. The van der Waals surface area contributed by atoms with Crippen molar-refractivity contribution in [3.8, 4) is 11.3 Å². The molecule has 1 aliphatic rings. The van der Waals surface area contributed by atoms with Gasteiger partial charge in [0.2, 0.25) is 0 Å². The molecule has 164 valence electrons. The summed E-state index contributed by atoms with van der Waals surface area (Å²) < 4.78 is 2.31. The molecule has 5 aromatic rings. The number of rotatable bonds is 3. The van der Waals surface area contributed by atoms with Gasteiger partial charge in [-0.1, -0.05) is 108 Å². The van der Waals surface area contributed by atoms with Gasteiger partial charge in [0.1, 0.15) is 0 Å². The molecule has 0 radical (unpaired) electrons. The van der Waals surface area contributed by atoms with E-state index in [2.05, 4.69) is 129 Å². The molecule has 0 spiro atoms. The van der Waals surface area contributed by atoms with Crippen molar-refractivity contribution in [3.63, 3.8) is 0 Å². The summed E-state index contributed by atoms with van der Waals surface area (Å²) >= 11 is 0. The zero-order chi connectivity index (χ0) is 23.2. The summed E-state index contributed by atoms with van der Waals surface area (Å²) in [4.78, 5) is 5.16. The van der Waals surface area contributed by atoms with Crippen molar-refractivity contribution in [2.45, 2.75) is 13.8 Å². The topological polar surface area (TPSA) is 17.3 Å². The zero-order valence-corrected chi connectivity index (χ0v) is 19.7. The average molecular weight is 439 g/mol. The molecule has 0 saturated heterocycles. The van der Waals surface area contributed by atoms with Crippen LogP contribution in [0.5, 0.6) is 0 Å². The lowest BCUT2D eigenvalue weighted by Crippen LogP contribution is -2.00. The van der Waals surface area contributed by atoms with Crippen molar-refractivity contribution in [1.82, 2.24) is 4.57 Å². The normalized spacial score (nSPS) is 14.0. The SMILES string of the molecule is Cc1ccc(C2=N/C(=C\c3c4ccccc4c(-c4ccc(C)cc4)n3C)c3ccccc32)cc1. The maximum absolute atomic E-state index is 5.16. The van der Waals surface area contributed by atoms with Gasteiger partial charge in [-0.25, -0.2) is 4.99 Å². The van der Waals surface area contributed by atoms with Crippen molar-refractivity contribution in [2.75, 3.05) is 0 Å². The molecule has 4 aromatic carbocycles. The van der Waals surface area contributed by atoms with Crippen LogP contribution in [0.25, 0.3) is 33.8 Å². The van der Waals surface area contributed by atoms with Crippen molar-refractivity contribution >= 4 is 28.3 Å². The molecule has 1 aliphatic heterocycles. The van der Waals surface area contributed by atoms with Gasteiger partial charge >= 0.3 is 0 Å². The maximum atomic E-state index is 5.16. The predicted octanol–water partition coefficient (Wildman–Crippen LogP) is 7.81. The number of hydrogen-bond acceptors (Lipinski definition) is 1. The Hall–Kier alpha value is -4.17. The number of aryl methyl sites for hydroxylation is 2. The fourth-order valence-corrected chi connectivity index (χ4v) is 4.95. The number of hydrogen-bond donors (Lipinski definition) is 0. The van der Waals surface area contributed by atoms with E-state index in [9.17, 15) is 0 Å². The Morgan fingerprint density at radius 2 is 1.18 bits per heavy atom. The number of benzene rings is 4. The summed E-state index contributed by atoms with van der Waals surface area (Å²) in [6.07, 6.45) is 2.25. The van der Waals surface area contributed by atoms with E-state index in [0.717, 1.165) is 17.0 Å². The van der Waals surface area contributed by atoms with Crippen LogP contribution in [-0.2, 0) is 7.05 Å². The molecular weight excluding hydrogens is 412 g/mol. The van der Waals surface area contributed by atoms with Gasteiger partial charge in [-0.15, -0.1) is 0 Å². The van der Waals surface area contributed by atoms with Crippen LogP contribution in [0, 0.1) is 13.8 Å². The smallest absolute Gasteiger partial charge is 0.0788 e. The molecule has 0 N–H and O–H groups in total. The van der Waals surface area contributed by atoms with Crippen LogP contribution in [0.1, 0.15) is 33.5 Å². The first-order valence-electron chi connectivity index (χ1n) is 11.7.